The molecule has 0 radical (unpaired) electrons. The van der Waals surface area contributed by atoms with Gasteiger partial charge in [0, 0.05) is 0 Å². The Bertz CT molecular complexity index is 286. The first-order valence-corrected chi connectivity index (χ1v) is 7.72. The van der Waals surface area contributed by atoms with E-state index in [0.29, 0.717) is 21.1 Å². The van der Waals surface area contributed by atoms with Crippen LogP contribution in [-0.4, -0.2) is 27.7 Å². The maximum absolute atomic E-state index is 5.83. The Labute approximate surface area is 98.4 Å². The molecule has 15 heavy (non-hydrogen) atoms. The monoisotopic (exact) mass is 270 g/mol. The Morgan fingerprint density at radius 3 is 2.87 bits per heavy atom. The Morgan fingerprint density at radius 2 is 2.13 bits per heavy atom. The third kappa shape index (κ3) is 3.34. The fraction of sp³-hybridized carbons (Fsp3) is 0.538. The zero-order valence-electron chi connectivity index (χ0n) is 9.19. The van der Waals surface area contributed by atoms with Crippen LogP contribution in [0.4, 0.5) is 0 Å². The number of hydrogen-bond acceptors (Lipinski definition) is 1. The van der Waals surface area contributed by atoms with Crippen LogP contribution in [0.2, 0.25) is 5.32 Å². The van der Waals surface area contributed by atoms with Crippen LogP contribution in [0.3, 0.4) is 0 Å². The van der Waals surface area contributed by atoms with Gasteiger partial charge in [-0.15, -0.1) is 0 Å². The van der Waals surface area contributed by atoms with Gasteiger partial charge in [0.2, 0.25) is 0 Å². The summed E-state index contributed by atoms with van der Waals surface area (Å²) in [6.07, 6.45) is 3.10. The molecule has 1 aromatic rings. The Kier molecular flexibility index (Phi) is 4.25. The molecule has 0 spiro atoms. The van der Waals surface area contributed by atoms with Crippen LogP contribution >= 0.6 is 0 Å². The molecule has 82 valence electrons. The topological polar surface area (TPSA) is 9.23 Å². The quantitative estimate of drug-likeness (QED) is 0.765. The van der Waals surface area contributed by atoms with E-state index in [4.69, 9.17) is 4.74 Å². The van der Waals surface area contributed by atoms with Crippen molar-refractivity contribution in [1.82, 2.24) is 0 Å². The number of hydrogen-bond donors (Lipinski definition) is 0. The van der Waals surface area contributed by atoms with Crippen LogP contribution in [0.1, 0.15) is 19.8 Å². The summed E-state index contributed by atoms with van der Waals surface area (Å²) in [6.45, 7) is 3.30. The van der Waals surface area contributed by atoms with Crippen molar-refractivity contribution in [3.05, 3.63) is 30.3 Å². The standard InChI is InChI=1S/C13H18OSe/c1-11-6-5-9-14-13(11)10-15-12-7-3-2-4-8-12/h2-4,7-8,11,13H,5-6,9-10H2,1H3/t11-,13-/m0/s1. The van der Waals surface area contributed by atoms with Gasteiger partial charge in [-0.1, -0.05) is 0 Å². The molecule has 1 heterocycles. The van der Waals surface area contributed by atoms with Gasteiger partial charge in [0.15, 0.2) is 0 Å². The third-order valence-corrected chi connectivity index (χ3v) is 5.24. The van der Waals surface area contributed by atoms with Gasteiger partial charge in [0.1, 0.15) is 0 Å². The van der Waals surface area contributed by atoms with Crippen LogP contribution in [0, 0.1) is 5.92 Å². The van der Waals surface area contributed by atoms with Crippen molar-refractivity contribution in [2.75, 3.05) is 6.61 Å². The summed E-state index contributed by atoms with van der Waals surface area (Å²) in [6, 6.07) is 10.8. The summed E-state index contributed by atoms with van der Waals surface area (Å²) < 4.78 is 7.32. The Balaban J connectivity index is 1.82. The molecule has 1 fully saturated rings. The normalized spacial score (nSPS) is 26.5. The molecule has 2 atom stereocenters. The first-order valence-electron chi connectivity index (χ1n) is 5.66. The summed E-state index contributed by atoms with van der Waals surface area (Å²) in [5, 5.41) is 1.23. The molecular formula is C13H18OSe. The molecule has 1 aliphatic heterocycles. The second-order valence-corrected chi connectivity index (χ2v) is 6.45. The van der Waals surface area contributed by atoms with Crippen molar-refractivity contribution in [3.8, 4) is 0 Å². The van der Waals surface area contributed by atoms with E-state index in [2.05, 4.69) is 37.3 Å². The van der Waals surface area contributed by atoms with E-state index in [1.165, 1.54) is 22.6 Å². The van der Waals surface area contributed by atoms with Gasteiger partial charge in [-0.3, -0.25) is 0 Å². The molecule has 1 saturated heterocycles. The summed E-state index contributed by atoms with van der Waals surface area (Å²) in [5.41, 5.74) is 0. The van der Waals surface area contributed by atoms with Crippen molar-refractivity contribution in [2.24, 2.45) is 5.92 Å². The third-order valence-electron chi connectivity index (χ3n) is 2.93. The molecule has 0 N–H and O–H groups in total. The molecule has 1 aliphatic rings. The van der Waals surface area contributed by atoms with E-state index >= 15 is 0 Å². The molecule has 2 heteroatoms. The molecule has 0 aliphatic carbocycles. The van der Waals surface area contributed by atoms with Crippen molar-refractivity contribution in [2.45, 2.75) is 31.2 Å². The van der Waals surface area contributed by atoms with E-state index in [1.54, 1.807) is 0 Å². The van der Waals surface area contributed by atoms with Gasteiger partial charge in [-0.2, -0.15) is 0 Å². The SMILES string of the molecule is C[C@H]1CCCO[C@H]1C[Se]c1ccccc1. The fourth-order valence-electron chi connectivity index (χ4n) is 1.90. The van der Waals surface area contributed by atoms with Gasteiger partial charge < -0.3 is 0 Å². The van der Waals surface area contributed by atoms with Gasteiger partial charge in [0.25, 0.3) is 0 Å². The number of rotatable bonds is 3. The number of benzene rings is 1. The molecule has 0 unspecified atom stereocenters. The number of ether oxygens (including phenoxy) is 1. The van der Waals surface area contributed by atoms with E-state index in [9.17, 15) is 0 Å². The van der Waals surface area contributed by atoms with Crippen molar-refractivity contribution < 1.29 is 4.74 Å². The molecule has 1 aromatic carbocycles. The van der Waals surface area contributed by atoms with E-state index in [-0.39, 0.29) is 0 Å². The molecule has 2 rings (SSSR count). The molecule has 0 saturated carbocycles. The van der Waals surface area contributed by atoms with Crippen LogP contribution in [0.5, 0.6) is 0 Å². The Hall–Kier alpha value is -0.301. The van der Waals surface area contributed by atoms with Crippen molar-refractivity contribution in [3.63, 3.8) is 0 Å². The van der Waals surface area contributed by atoms with E-state index in [1.807, 2.05) is 0 Å². The molecule has 0 aromatic heterocycles. The molecular weight excluding hydrogens is 251 g/mol. The zero-order valence-corrected chi connectivity index (χ0v) is 10.9. The van der Waals surface area contributed by atoms with Gasteiger partial charge in [-0.25, -0.2) is 0 Å². The molecule has 0 bridgehead atoms. The summed E-state index contributed by atoms with van der Waals surface area (Å²) >= 11 is 0.581. The fourth-order valence-corrected chi connectivity index (χ4v) is 4.27. The van der Waals surface area contributed by atoms with Crippen LogP contribution < -0.4 is 4.46 Å². The first-order chi connectivity index (χ1) is 7.36. The average Bonchev–Trinajstić information content (AvgIpc) is 2.29. The first kappa shape index (κ1) is 11.2. The van der Waals surface area contributed by atoms with Gasteiger partial charge in [0.05, 0.1) is 0 Å². The zero-order chi connectivity index (χ0) is 10.5. The second-order valence-electron chi connectivity index (χ2n) is 4.15. The Morgan fingerprint density at radius 1 is 1.33 bits per heavy atom. The molecule has 0 amide bonds. The predicted molar refractivity (Wildman–Crippen MR) is 64.8 cm³/mol. The van der Waals surface area contributed by atoms with E-state index in [0.717, 1.165) is 12.5 Å². The average molecular weight is 269 g/mol. The van der Waals surface area contributed by atoms with Gasteiger partial charge >= 0.3 is 98.2 Å². The van der Waals surface area contributed by atoms with Gasteiger partial charge in [-0.05, 0) is 0 Å². The van der Waals surface area contributed by atoms with Crippen molar-refractivity contribution in [1.29, 1.82) is 0 Å². The summed E-state index contributed by atoms with van der Waals surface area (Å²) in [5.74, 6) is 0.754. The predicted octanol–water partition coefficient (Wildman–Crippen LogP) is 2.25. The van der Waals surface area contributed by atoms with Crippen LogP contribution in [-0.2, 0) is 4.74 Å². The maximum atomic E-state index is 5.83. The van der Waals surface area contributed by atoms with Crippen molar-refractivity contribution >= 4 is 19.4 Å². The minimum absolute atomic E-state index is 0.513. The van der Waals surface area contributed by atoms with E-state index < -0.39 is 0 Å². The summed E-state index contributed by atoms with van der Waals surface area (Å²) in [4.78, 5) is 0. The second kappa shape index (κ2) is 5.69. The molecule has 1 nitrogen and oxygen atoms in total. The summed E-state index contributed by atoms with van der Waals surface area (Å²) in [7, 11) is 0. The minimum atomic E-state index is 0.513. The van der Waals surface area contributed by atoms with Crippen LogP contribution in [0.25, 0.3) is 0 Å². The van der Waals surface area contributed by atoms with Crippen LogP contribution in [0.15, 0.2) is 30.3 Å².